The Hall–Kier alpha value is -0.590. The van der Waals surface area contributed by atoms with E-state index in [9.17, 15) is 4.79 Å². The van der Waals surface area contributed by atoms with E-state index in [2.05, 4.69) is 27.7 Å². The Morgan fingerprint density at radius 1 is 1.00 bits per heavy atom. The molecule has 28 heavy (non-hydrogen) atoms. The van der Waals surface area contributed by atoms with Crippen LogP contribution in [0.5, 0.6) is 0 Å². The van der Waals surface area contributed by atoms with Gasteiger partial charge in [-0.25, -0.2) is 0 Å². The Labute approximate surface area is 174 Å². The average molecular weight is 385 g/mol. The quantitative estimate of drug-likeness (QED) is 0.258. The topological polar surface area (TPSA) is 17.1 Å². The summed E-state index contributed by atoms with van der Waals surface area (Å²) < 4.78 is 0. The fraction of sp³-hybridized carbons (Fsp3) is 0.889. The molecule has 0 radical (unpaired) electrons. The second-order valence-electron chi connectivity index (χ2n) is 11.8. The van der Waals surface area contributed by atoms with Gasteiger partial charge in [-0.15, -0.1) is 0 Å². The van der Waals surface area contributed by atoms with Gasteiger partial charge in [0, 0.05) is 10.8 Å². The molecule has 4 aliphatic carbocycles. The van der Waals surface area contributed by atoms with Crippen LogP contribution in [0.25, 0.3) is 0 Å². The molecule has 0 heterocycles. The molecule has 4 rings (SSSR count). The Bertz CT molecular complexity index is 630. The maximum atomic E-state index is 12.3. The lowest BCUT2D eigenvalue weighted by molar-refractivity contribution is -0.127. The van der Waals surface area contributed by atoms with Gasteiger partial charge in [0.05, 0.1) is 0 Å². The molecule has 0 amide bonds. The normalized spacial score (nSPS) is 42.9. The number of aldehydes is 1. The van der Waals surface area contributed by atoms with Crippen molar-refractivity contribution < 1.29 is 4.79 Å². The van der Waals surface area contributed by atoms with E-state index in [4.69, 9.17) is 0 Å². The smallest absolute Gasteiger partial charge is 0.127 e. The van der Waals surface area contributed by atoms with Crippen LogP contribution in [0, 0.1) is 34.0 Å². The number of carbonyl (C=O) groups is 1. The first-order valence-corrected chi connectivity index (χ1v) is 12.5. The van der Waals surface area contributed by atoms with Gasteiger partial charge in [0.25, 0.3) is 0 Å². The van der Waals surface area contributed by atoms with E-state index in [1.165, 1.54) is 83.3 Å². The molecule has 0 aromatic heterocycles. The summed E-state index contributed by atoms with van der Waals surface area (Å²) in [5, 5.41) is 0. The first kappa shape index (κ1) is 20.7. The number of hydrogen-bond acceptors (Lipinski definition) is 1. The number of carbonyl (C=O) groups excluding carboxylic acids is 1. The predicted octanol–water partition coefficient (Wildman–Crippen LogP) is 7.89. The van der Waals surface area contributed by atoms with Crippen molar-refractivity contribution in [2.24, 2.45) is 34.0 Å². The molecule has 2 saturated carbocycles. The number of unbranched alkanes of at least 4 members (excludes halogenated alkanes) is 1. The molecular formula is C27H44O. The summed E-state index contributed by atoms with van der Waals surface area (Å²) in [6.07, 6.45) is 20.0. The summed E-state index contributed by atoms with van der Waals surface area (Å²) in [6, 6.07) is 0. The van der Waals surface area contributed by atoms with Gasteiger partial charge in [-0.05, 0) is 81.0 Å². The summed E-state index contributed by atoms with van der Waals surface area (Å²) in [6.45, 7) is 9.84. The third-order valence-corrected chi connectivity index (χ3v) is 10.2. The molecular weight excluding hydrogens is 340 g/mol. The lowest BCUT2D eigenvalue weighted by atomic mass is 9.45. The van der Waals surface area contributed by atoms with Crippen LogP contribution in [-0.4, -0.2) is 6.29 Å². The van der Waals surface area contributed by atoms with Crippen molar-refractivity contribution in [2.45, 2.75) is 118 Å². The molecule has 4 aliphatic rings. The van der Waals surface area contributed by atoms with E-state index in [1.807, 2.05) is 5.57 Å². The van der Waals surface area contributed by atoms with Gasteiger partial charge < -0.3 is 4.79 Å². The minimum absolute atomic E-state index is 0.0350. The third kappa shape index (κ3) is 3.05. The minimum Gasteiger partial charge on any atom is -0.303 e. The molecule has 0 saturated heterocycles. The van der Waals surface area contributed by atoms with Gasteiger partial charge in [-0.1, -0.05) is 70.9 Å². The molecule has 0 bridgehead atoms. The van der Waals surface area contributed by atoms with Gasteiger partial charge in [0.1, 0.15) is 6.29 Å². The number of rotatable bonds is 6. The van der Waals surface area contributed by atoms with Crippen LogP contribution in [0.1, 0.15) is 118 Å². The van der Waals surface area contributed by atoms with Crippen LogP contribution in [0.3, 0.4) is 0 Å². The second-order valence-corrected chi connectivity index (χ2v) is 11.8. The molecule has 0 aromatic rings. The summed E-state index contributed by atoms with van der Waals surface area (Å²) in [4.78, 5) is 12.3. The minimum atomic E-state index is -0.0350. The van der Waals surface area contributed by atoms with Crippen LogP contribution in [0.15, 0.2) is 11.1 Å². The molecule has 0 aromatic carbocycles. The highest BCUT2D eigenvalue weighted by molar-refractivity contribution is 5.64. The highest BCUT2D eigenvalue weighted by atomic mass is 16.1. The van der Waals surface area contributed by atoms with E-state index in [0.717, 1.165) is 30.6 Å². The van der Waals surface area contributed by atoms with Crippen LogP contribution >= 0.6 is 0 Å². The van der Waals surface area contributed by atoms with Crippen LogP contribution in [0.2, 0.25) is 0 Å². The molecule has 158 valence electrons. The predicted molar refractivity (Wildman–Crippen MR) is 118 cm³/mol. The monoisotopic (exact) mass is 384 g/mol. The van der Waals surface area contributed by atoms with E-state index in [-0.39, 0.29) is 10.8 Å². The van der Waals surface area contributed by atoms with Crippen LogP contribution in [0.4, 0.5) is 0 Å². The Kier molecular flexibility index (Phi) is 5.60. The Morgan fingerprint density at radius 2 is 1.79 bits per heavy atom. The molecule has 1 heteroatoms. The van der Waals surface area contributed by atoms with Crippen molar-refractivity contribution >= 4 is 6.29 Å². The molecule has 1 nitrogen and oxygen atoms in total. The summed E-state index contributed by atoms with van der Waals surface area (Å²) in [5.74, 6) is 2.62. The van der Waals surface area contributed by atoms with Gasteiger partial charge in [0.2, 0.25) is 0 Å². The highest BCUT2D eigenvalue weighted by Gasteiger charge is 2.59. The van der Waals surface area contributed by atoms with Crippen molar-refractivity contribution in [3.63, 3.8) is 0 Å². The van der Waals surface area contributed by atoms with Gasteiger partial charge >= 0.3 is 0 Å². The SMILES string of the molecule is CC(C)CCCCC1CCC2C3=C(CCC12C)C1(C)CCCCC1(C=O)CC3. The van der Waals surface area contributed by atoms with E-state index in [1.54, 1.807) is 5.57 Å². The molecule has 5 atom stereocenters. The fourth-order valence-corrected chi connectivity index (χ4v) is 8.30. The molecule has 0 spiro atoms. The maximum absolute atomic E-state index is 12.3. The zero-order valence-corrected chi connectivity index (χ0v) is 19.1. The first-order chi connectivity index (χ1) is 13.4. The summed E-state index contributed by atoms with van der Waals surface area (Å²) in [5.41, 5.74) is 4.31. The standard InChI is InChI=1S/C27H44O/c1-20(2)9-5-6-10-21-11-12-23-22-13-18-27(19-28)16-8-7-15-26(27,4)24(22)14-17-25(21,23)3/h19-21,23H,5-18H2,1-4H3. The maximum Gasteiger partial charge on any atom is 0.127 e. The molecule has 2 fully saturated rings. The number of fused-ring (bicyclic) bond motifs is 4. The fourth-order valence-electron chi connectivity index (χ4n) is 8.30. The van der Waals surface area contributed by atoms with E-state index < -0.39 is 0 Å². The van der Waals surface area contributed by atoms with Gasteiger partial charge in [0.15, 0.2) is 0 Å². The second kappa shape index (κ2) is 7.59. The summed E-state index contributed by atoms with van der Waals surface area (Å²) in [7, 11) is 0. The summed E-state index contributed by atoms with van der Waals surface area (Å²) >= 11 is 0. The largest absolute Gasteiger partial charge is 0.303 e. The zero-order chi connectivity index (χ0) is 20.0. The molecule has 5 unspecified atom stereocenters. The van der Waals surface area contributed by atoms with Gasteiger partial charge in [-0.2, -0.15) is 0 Å². The van der Waals surface area contributed by atoms with Crippen molar-refractivity contribution in [3.8, 4) is 0 Å². The lowest BCUT2D eigenvalue weighted by Gasteiger charge is -2.58. The number of hydrogen-bond donors (Lipinski definition) is 0. The average Bonchev–Trinajstić information content (AvgIpc) is 3.01. The third-order valence-electron chi connectivity index (χ3n) is 10.2. The van der Waals surface area contributed by atoms with E-state index in [0.29, 0.717) is 5.41 Å². The molecule has 0 N–H and O–H groups in total. The highest BCUT2D eigenvalue weighted by Crippen LogP contribution is 2.68. The van der Waals surface area contributed by atoms with Crippen molar-refractivity contribution in [1.82, 2.24) is 0 Å². The lowest BCUT2D eigenvalue weighted by Crippen LogP contribution is -2.50. The Morgan fingerprint density at radius 3 is 2.54 bits per heavy atom. The van der Waals surface area contributed by atoms with E-state index >= 15 is 0 Å². The van der Waals surface area contributed by atoms with Crippen LogP contribution < -0.4 is 0 Å². The van der Waals surface area contributed by atoms with Crippen molar-refractivity contribution in [3.05, 3.63) is 11.1 Å². The Balaban J connectivity index is 1.55. The zero-order valence-electron chi connectivity index (χ0n) is 19.1. The molecule has 0 aliphatic heterocycles. The number of allylic oxidation sites excluding steroid dienone is 2. The van der Waals surface area contributed by atoms with Crippen molar-refractivity contribution in [1.29, 1.82) is 0 Å². The first-order valence-electron chi connectivity index (χ1n) is 12.5. The van der Waals surface area contributed by atoms with Crippen molar-refractivity contribution in [2.75, 3.05) is 0 Å². The van der Waals surface area contributed by atoms with Crippen LogP contribution in [-0.2, 0) is 4.79 Å². The van der Waals surface area contributed by atoms with Gasteiger partial charge in [-0.3, -0.25) is 0 Å².